The van der Waals surface area contributed by atoms with Gasteiger partial charge in [-0.15, -0.1) is 0 Å². The molecule has 0 aliphatic rings. The second-order valence-electron chi connectivity index (χ2n) is 4.39. The third kappa shape index (κ3) is 3.87. The first-order valence-electron chi connectivity index (χ1n) is 5.88. The Morgan fingerprint density at radius 3 is 2.70 bits per heavy atom. The monoisotopic (exact) mass is 304 g/mol. The first kappa shape index (κ1) is 16.3. The fraction of sp³-hybridized carbons (Fsp3) is 0.455. The van der Waals surface area contributed by atoms with Gasteiger partial charge in [0, 0.05) is 25.2 Å². The summed E-state index contributed by atoms with van der Waals surface area (Å²) in [6.45, 7) is 3.37. The first-order chi connectivity index (χ1) is 9.28. The molecule has 0 amide bonds. The fourth-order valence-corrected chi connectivity index (χ4v) is 3.21. The number of amidine groups is 1. The molecule has 0 unspecified atom stereocenters. The van der Waals surface area contributed by atoms with Crippen LogP contribution in [0.15, 0.2) is 28.5 Å². The minimum atomic E-state index is -3.89. The normalized spacial score (nSPS) is 13.2. The van der Waals surface area contributed by atoms with Gasteiger partial charge in [0.05, 0.1) is 6.20 Å². The maximum Gasteiger partial charge on any atom is 0.244 e. The van der Waals surface area contributed by atoms with Crippen molar-refractivity contribution < 1.29 is 18.0 Å². The van der Waals surface area contributed by atoms with Crippen molar-refractivity contribution in [2.24, 2.45) is 10.9 Å². The molecule has 0 saturated carbocycles. The van der Waals surface area contributed by atoms with Crippen LogP contribution in [0, 0.1) is 5.82 Å². The van der Waals surface area contributed by atoms with Gasteiger partial charge in [0.1, 0.15) is 16.5 Å². The predicted octanol–water partition coefficient (Wildman–Crippen LogP) is 0.756. The van der Waals surface area contributed by atoms with Crippen molar-refractivity contribution in [3.05, 3.63) is 24.3 Å². The van der Waals surface area contributed by atoms with E-state index in [1.54, 1.807) is 13.8 Å². The molecule has 7 nitrogen and oxygen atoms in total. The largest absolute Gasteiger partial charge is 0.409 e. The summed E-state index contributed by atoms with van der Waals surface area (Å²) in [7, 11) is -3.89. The van der Waals surface area contributed by atoms with E-state index < -0.39 is 15.8 Å². The van der Waals surface area contributed by atoms with Gasteiger partial charge in [0.2, 0.25) is 10.0 Å². The Hall–Kier alpha value is -1.74. The predicted molar refractivity (Wildman–Crippen MR) is 71.2 cm³/mol. The van der Waals surface area contributed by atoms with E-state index >= 15 is 0 Å². The summed E-state index contributed by atoms with van der Waals surface area (Å²) in [6, 6.07) is 0.538. The van der Waals surface area contributed by atoms with Gasteiger partial charge < -0.3 is 10.9 Å². The number of pyridine rings is 1. The Bertz CT molecular complexity index is 589. The van der Waals surface area contributed by atoms with E-state index in [9.17, 15) is 12.8 Å². The van der Waals surface area contributed by atoms with Crippen LogP contribution in [-0.4, -0.2) is 41.3 Å². The summed E-state index contributed by atoms with van der Waals surface area (Å²) < 4.78 is 39.1. The highest BCUT2D eigenvalue weighted by molar-refractivity contribution is 7.89. The molecule has 20 heavy (non-hydrogen) atoms. The molecule has 112 valence electrons. The lowest BCUT2D eigenvalue weighted by Gasteiger charge is -2.25. The van der Waals surface area contributed by atoms with Crippen molar-refractivity contribution in [2.75, 3.05) is 6.54 Å². The SMILES string of the molecule is CC(C)N(CCC(N)=NO)S(=O)(=O)c1cncc(F)c1. The molecule has 0 spiro atoms. The number of hydrogen-bond donors (Lipinski definition) is 2. The Morgan fingerprint density at radius 1 is 1.55 bits per heavy atom. The molecule has 9 heteroatoms. The molecular formula is C11H17FN4O3S. The lowest BCUT2D eigenvalue weighted by Crippen LogP contribution is -2.39. The van der Waals surface area contributed by atoms with Crippen molar-refractivity contribution in [3.63, 3.8) is 0 Å². The Balaban J connectivity index is 3.07. The summed E-state index contributed by atoms with van der Waals surface area (Å²) >= 11 is 0. The van der Waals surface area contributed by atoms with Crippen LogP contribution in [0.5, 0.6) is 0 Å². The topological polar surface area (TPSA) is 109 Å². The van der Waals surface area contributed by atoms with Gasteiger partial charge in [0.15, 0.2) is 0 Å². The Kier molecular flexibility index (Phi) is 5.40. The molecule has 0 fully saturated rings. The third-order valence-corrected chi connectivity index (χ3v) is 4.62. The fourth-order valence-electron chi connectivity index (χ4n) is 1.60. The van der Waals surface area contributed by atoms with E-state index in [1.807, 2.05) is 0 Å². The molecule has 1 aromatic rings. The molecule has 1 aromatic heterocycles. The Morgan fingerprint density at radius 2 is 2.20 bits per heavy atom. The van der Waals surface area contributed by atoms with E-state index in [-0.39, 0.29) is 29.7 Å². The number of nitrogens with zero attached hydrogens (tertiary/aromatic N) is 3. The van der Waals surface area contributed by atoms with Crippen molar-refractivity contribution in [3.8, 4) is 0 Å². The first-order valence-corrected chi connectivity index (χ1v) is 7.32. The summed E-state index contributed by atoms with van der Waals surface area (Å²) in [4.78, 5) is 3.30. The molecule has 0 radical (unpaired) electrons. The molecule has 1 heterocycles. The van der Waals surface area contributed by atoms with E-state index in [2.05, 4.69) is 10.1 Å². The summed E-state index contributed by atoms with van der Waals surface area (Å²) in [6.07, 6.45) is 2.07. The van der Waals surface area contributed by atoms with Gasteiger partial charge in [-0.1, -0.05) is 5.16 Å². The lowest BCUT2D eigenvalue weighted by molar-refractivity contribution is 0.313. The zero-order chi connectivity index (χ0) is 15.3. The van der Waals surface area contributed by atoms with Gasteiger partial charge in [-0.05, 0) is 19.9 Å². The van der Waals surface area contributed by atoms with Crippen LogP contribution < -0.4 is 5.73 Å². The maximum absolute atomic E-state index is 13.1. The number of oxime groups is 1. The summed E-state index contributed by atoms with van der Waals surface area (Å²) in [5, 5.41) is 11.3. The quantitative estimate of drug-likeness (QED) is 0.349. The van der Waals surface area contributed by atoms with Crippen LogP contribution in [0.3, 0.4) is 0 Å². The van der Waals surface area contributed by atoms with Crippen LogP contribution in [0.2, 0.25) is 0 Å². The molecule has 0 aliphatic carbocycles. The molecule has 0 atom stereocenters. The van der Waals surface area contributed by atoms with Gasteiger partial charge in [-0.3, -0.25) is 4.98 Å². The van der Waals surface area contributed by atoms with Gasteiger partial charge >= 0.3 is 0 Å². The van der Waals surface area contributed by atoms with Gasteiger partial charge in [-0.2, -0.15) is 4.31 Å². The average Bonchev–Trinajstić information content (AvgIpc) is 2.37. The summed E-state index contributed by atoms with van der Waals surface area (Å²) in [5.41, 5.74) is 5.33. The average molecular weight is 304 g/mol. The number of sulfonamides is 1. The van der Waals surface area contributed by atoms with Crippen LogP contribution in [0.4, 0.5) is 4.39 Å². The zero-order valence-electron chi connectivity index (χ0n) is 11.2. The van der Waals surface area contributed by atoms with Crippen LogP contribution >= 0.6 is 0 Å². The van der Waals surface area contributed by atoms with E-state index in [0.29, 0.717) is 0 Å². The highest BCUT2D eigenvalue weighted by atomic mass is 32.2. The minimum absolute atomic E-state index is 0.0202. The van der Waals surface area contributed by atoms with E-state index in [4.69, 9.17) is 10.9 Å². The van der Waals surface area contributed by atoms with Crippen molar-refractivity contribution in [2.45, 2.75) is 31.2 Å². The van der Waals surface area contributed by atoms with Crippen molar-refractivity contribution >= 4 is 15.9 Å². The second-order valence-corrected chi connectivity index (χ2v) is 6.28. The number of rotatable bonds is 6. The van der Waals surface area contributed by atoms with Crippen molar-refractivity contribution in [1.29, 1.82) is 0 Å². The molecular weight excluding hydrogens is 287 g/mol. The van der Waals surface area contributed by atoms with E-state index in [1.165, 1.54) is 0 Å². The summed E-state index contributed by atoms with van der Waals surface area (Å²) in [5.74, 6) is -0.811. The smallest absolute Gasteiger partial charge is 0.244 e. The maximum atomic E-state index is 13.1. The molecule has 3 N–H and O–H groups in total. The van der Waals surface area contributed by atoms with Gasteiger partial charge in [0.25, 0.3) is 0 Å². The second kappa shape index (κ2) is 6.62. The molecule has 1 rings (SSSR count). The molecule has 0 aliphatic heterocycles. The number of hydrogen-bond acceptors (Lipinski definition) is 5. The van der Waals surface area contributed by atoms with Gasteiger partial charge in [-0.25, -0.2) is 12.8 Å². The Labute approximate surface area is 117 Å². The lowest BCUT2D eigenvalue weighted by atomic mass is 10.3. The zero-order valence-corrected chi connectivity index (χ0v) is 12.0. The molecule has 0 saturated heterocycles. The van der Waals surface area contributed by atoms with E-state index in [0.717, 1.165) is 22.8 Å². The van der Waals surface area contributed by atoms with Crippen molar-refractivity contribution in [1.82, 2.24) is 9.29 Å². The molecule has 0 bridgehead atoms. The minimum Gasteiger partial charge on any atom is -0.409 e. The number of aromatic nitrogens is 1. The number of halogens is 1. The third-order valence-electron chi connectivity index (χ3n) is 2.58. The molecule has 0 aromatic carbocycles. The van der Waals surface area contributed by atoms with Crippen LogP contribution in [0.1, 0.15) is 20.3 Å². The highest BCUT2D eigenvalue weighted by Gasteiger charge is 2.27. The van der Waals surface area contributed by atoms with Crippen LogP contribution in [-0.2, 0) is 10.0 Å². The standard InChI is InChI=1S/C11H17FN4O3S/c1-8(2)16(4-3-11(13)15-17)20(18,19)10-5-9(12)6-14-7-10/h5-8,17H,3-4H2,1-2H3,(H2,13,15). The highest BCUT2D eigenvalue weighted by Crippen LogP contribution is 2.18. The number of nitrogens with two attached hydrogens (primary N) is 1. The van der Waals surface area contributed by atoms with Crippen LogP contribution in [0.25, 0.3) is 0 Å².